The Hall–Kier alpha value is -1.98. The first-order chi connectivity index (χ1) is 9.66. The van der Waals surface area contributed by atoms with E-state index < -0.39 is 11.6 Å². The molecule has 20 heavy (non-hydrogen) atoms. The third-order valence-corrected chi connectivity index (χ3v) is 3.87. The highest BCUT2D eigenvalue weighted by atomic mass is 19.2. The molecule has 106 valence electrons. The molecule has 6 heteroatoms. The molecule has 2 N–H and O–H groups in total. The average Bonchev–Trinajstić information content (AvgIpc) is 2.93. The molecular formula is C14H16F2N4. The second-order valence-electron chi connectivity index (χ2n) is 5.21. The van der Waals surface area contributed by atoms with Gasteiger partial charge in [0.2, 0.25) is 0 Å². The number of benzene rings is 1. The molecule has 2 aromatic rings. The summed E-state index contributed by atoms with van der Waals surface area (Å²) in [5.74, 6) is -1.37. The smallest absolute Gasteiger partial charge is 0.166 e. The molecule has 0 spiro atoms. The number of hydrogen-bond acceptors (Lipinski definition) is 3. The molecule has 0 unspecified atom stereocenters. The molecule has 1 fully saturated rings. The van der Waals surface area contributed by atoms with E-state index in [0.29, 0.717) is 17.4 Å². The molecule has 1 aromatic carbocycles. The summed E-state index contributed by atoms with van der Waals surface area (Å²) in [6, 6.07) is 2.39. The van der Waals surface area contributed by atoms with Crippen molar-refractivity contribution in [2.45, 2.75) is 38.1 Å². The first kappa shape index (κ1) is 13.0. The van der Waals surface area contributed by atoms with Gasteiger partial charge in [0.15, 0.2) is 17.5 Å². The van der Waals surface area contributed by atoms with Gasteiger partial charge in [0.05, 0.1) is 0 Å². The quantitative estimate of drug-likeness (QED) is 0.857. The monoisotopic (exact) mass is 278 g/mol. The number of nitrogens with zero attached hydrogens (tertiary/aromatic N) is 3. The number of anilines is 1. The lowest BCUT2D eigenvalue weighted by Crippen LogP contribution is -2.13. The summed E-state index contributed by atoms with van der Waals surface area (Å²) in [4.78, 5) is 0. The summed E-state index contributed by atoms with van der Waals surface area (Å²) in [5, 5.41) is 7.95. The van der Waals surface area contributed by atoms with Crippen LogP contribution in [0.2, 0.25) is 0 Å². The van der Waals surface area contributed by atoms with Crippen LogP contribution in [0.15, 0.2) is 18.5 Å². The first-order valence-electron chi connectivity index (χ1n) is 6.81. The van der Waals surface area contributed by atoms with Gasteiger partial charge in [-0.25, -0.2) is 8.78 Å². The van der Waals surface area contributed by atoms with Crippen molar-refractivity contribution < 1.29 is 8.78 Å². The minimum Gasteiger partial charge on any atom is -0.398 e. The Morgan fingerprint density at radius 2 is 1.80 bits per heavy atom. The van der Waals surface area contributed by atoms with Crippen molar-refractivity contribution in [3.8, 4) is 11.4 Å². The van der Waals surface area contributed by atoms with Gasteiger partial charge in [-0.2, -0.15) is 0 Å². The fourth-order valence-corrected chi connectivity index (χ4v) is 2.82. The van der Waals surface area contributed by atoms with Gasteiger partial charge in [0, 0.05) is 23.4 Å². The standard InChI is InChI=1S/C14H16F2N4/c15-11-6-10(13(17)7-12(11)16)14-19-18-8-20(14)9-4-2-1-3-5-9/h6-9H,1-5,17H2. The van der Waals surface area contributed by atoms with Crippen LogP contribution in [0.25, 0.3) is 11.4 Å². The summed E-state index contributed by atoms with van der Waals surface area (Å²) in [6.45, 7) is 0. The van der Waals surface area contributed by atoms with Gasteiger partial charge in [0.25, 0.3) is 0 Å². The minimum atomic E-state index is -0.949. The van der Waals surface area contributed by atoms with Crippen molar-refractivity contribution in [1.29, 1.82) is 0 Å². The number of nitrogen functional groups attached to an aromatic ring is 1. The summed E-state index contributed by atoms with van der Waals surface area (Å²) >= 11 is 0. The van der Waals surface area contributed by atoms with Gasteiger partial charge in [0.1, 0.15) is 6.33 Å². The predicted octanol–water partition coefficient (Wildman–Crippen LogP) is 3.31. The highest BCUT2D eigenvalue weighted by molar-refractivity contribution is 5.71. The van der Waals surface area contributed by atoms with Crippen molar-refractivity contribution in [2.75, 3.05) is 5.73 Å². The molecule has 1 aromatic heterocycles. The van der Waals surface area contributed by atoms with E-state index in [2.05, 4.69) is 10.2 Å². The van der Waals surface area contributed by atoms with Crippen molar-refractivity contribution in [2.24, 2.45) is 0 Å². The minimum absolute atomic E-state index is 0.175. The van der Waals surface area contributed by atoms with Crippen LogP contribution in [-0.2, 0) is 0 Å². The van der Waals surface area contributed by atoms with Gasteiger partial charge in [-0.3, -0.25) is 0 Å². The predicted molar refractivity (Wildman–Crippen MR) is 71.9 cm³/mol. The molecule has 0 saturated heterocycles. The lowest BCUT2D eigenvalue weighted by atomic mass is 9.95. The Morgan fingerprint density at radius 3 is 2.55 bits per heavy atom. The van der Waals surface area contributed by atoms with Gasteiger partial charge in [-0.1, -0.05) is 19.3 Å². The zero-order chi connectivity index (χ0) is 14.1. The molecular weight excluding hydrogens is 262 g/mol. The van der Waals surface area contributed by atoms with Gasteiger partial charge < -0.3 is 10.3 Å². The summed E-state index contributed by atoms with van der Waals surface area (Å²) in [7, 11) is 0. The fraction of sp³-hybridized carbons (Fsp3) is 0.429. The topological polar surface area (TPSA) is 56.7 Å². The van der Waals surface area contributed by atoms with Crippen LogP contribution in [0.3, 0.4) is 0 Å². The molecule has 0 atom stereocenters. The van der Waals surface area contributed by atoms with E-state index in [0.717, 1.165) is 37.8 Å². The fourth-order valence-electron chi connectivity index (χ4n) is 2.82. The van der Waals surface area contributed by atoms with E-state index in [1.807, 2.05) is 4.57 Å². The van der Waals surface area contributed by atoms with E-state index in [1.165, 1.54) is 6.42 Å². The third kappa shape index (κ3) is 2.26. The van der Waals surface area contributed by atoms with Crippen LogP contribution in [-0.4, -0.2) is 14.8 Å². The van der Waals surface area contributed by atoms with Gasteiger partial charge >= 0.3 is 0 Å². The zero-order valence-electron chi connectivity index (χ0n) is 11.0. The van der Waals surface area contributed by atoms with Crippen LogP contribution in [0.4, 0.5) is 14.5 Å². The van der Waals surface area contributed by atoms with Crippen molar-refractivity contribution >= 4 is 5.69 Å². The number of hydrogen-bond donors (Lipinski definition) is 1. The Balaban J connectivity index is 2.03. The Morgan fingerprint density at radius 1 is 1.10 bits per heavy atom. The highest BCUT2D eigenvalue weighted by Gasteiger charge is 2.21. The lowest BCUT2D eigenvalue weighted by molar-refractivity contribution is 0.355. The molecule has 1 heterocycles. The second-order valence-corrected chi connectivity index (χ2v) is 5.21. The number of nitrogens with two attached hydrogens (primary N) is 1. The Kier molecular flexibility index (Phi) is 3.38. The summed E-state index contributed by atoms with van der Waals surface area (Å²) in [5.41, 5.74) is 6.36. The summed E-state index contributed by atoms with van der Waals surface area (Å²) in [6.07, 6.45) is 7.31. The molecule has 0 radical (unpaired) electrons. The van der Waals surface area contributed by atoms with E-state index in [4.69, 9.17) is 5.73 Å². The molecule has 1 aliphatic carbocycles. The van der Waals surface area contributed by atoms with E-state index in [9.17, 15) is 8.78 Å². The molecule has 0 bridgehead atoms. The van der Waals surface area contributed by atoms with Crippen LogP contribution < -0.4 is 5.73 Å². The van der Waals surface area contributed by atoms with Crippen molar-refractivity contribution in [3.63, 3.8) is 0 Å². The molecule has 4 nitrogen and oxygen atoms in total. The van der Waals surface area contributed by atoms with Crippen LogP contribution in [0, 0.1) is 11.6 Å². The summed E-state index contributed by atoms with van der Waals surface area (Å²) < 4.78 is 28.5. The molecule has 1 saturated carbocycles. The van der Waals surface area contributed by atoms with Crippen LogP contribution in [0.5, 0.6) is 0 Å². The maximum atomic E-state index is 13.4. The maximum Gasteiger partial charge on any atom is 0.166 e. The normalized spacial score (nSPS) is 16.5. The van der Waals surface area contributed by atoms with Gasteiger partial charge in [-0.05, 0) is 18.9 Å². The maximum absolute atomic E-state index is 13.4. The first-order valence-corrected chi connectivity index (χ1v) is 6.81. The van der Waals surface area contributed by atoms with Crippen LogP contribution >= 0.6 is 0 Å². The van der Waals surface area contributed by atoms with Crippen molar-refractivity contribution in [3.05, 3.63) is 30.1 Å². The van der Waals surface area contributed by atoms with Gasteiger partial charge in [-0.15, -0.1) is 10.2 Å². The van der Waals surface area contributed by atoms with Crippen LogP contribution in [0.1, 0.15) is 38.1 Å². The number of rotatable bonds is 2. The van der Waals surface area contributed by atoms with E-state index in [-0.39, 0.29) is 5.69 Å². The average molecular weight is 278 g/mol. The zero-order valence-corrected chi connectivity index (χ0v) is 11.0. The van der Waals surface area contributed by atoms with Crippen molar-refractivity contribution in [1.82, 2.24) is 14.8 Å². The lowest BCUT2D eigenvalue weighted by Gasteiger charge is -2.24. The Labute approximate surface area is 115 Å². The van der Waals surface area contributed by atoms with E-state index in [1.54, 1.807) is 6.33 Å². The largest absolute Gasteiger partial charge is 0.398 e. The molecule has 0 amide bonds. The molecule has 1 aliphatic rings. The molecule has 0 aliphatic heterocycles. The number of halogens is 2. The highest BCUT2D eigenvalue weighted by Crippen LogP contribution is 2.33. The number of aromatic nitrogens is 3. The Bertz CT molecular complexity index is 618. The van der Waals surface area contributed by atoms with E-state index >= 15 is 0 Å². The third-order valence-electron chi connectivity index (χ3n) is 3.87. The second kappa shape index (κ2) is 5.19. The SMILES string of the molecule is Nc1cc(F)c(F)cc1-c1nncn1C1CCCCC1. The molecule has 3 rings (SSSR count).